The Labute approximate surface area is 105 Å². The van der Waals surface area contributed by atoms with Gasteiger partial charge in [0.25, 0.3) is 0 Å². The monoisotopic (exact) mass is 245 g/mol. The zero-order valence-corrected chi connectivity index (χ0v) is 11.8. The van der Waals surface area contributed by atoms with Crippen LogP contribution < -0.4 is 5.32 Å². The highest BCUT2D eigenvalue weighted by Gasteiger charge is 2.29. The van der Waals surface area contributed by atoms with Crippen molar-refractivity contribution >= 4 is 11.8 Å². The van der Waals surface area contributed by atoms with Crippen molar-refractivity contribution in [1.29, 1.82) is 0 Å². The number of aliphatic hydroxyl groups is 1. The van der Waals surface area contributed by atoms with Crippen molar-refractivity contribution in [3.63, 3.8) is 0 Å². The maximum atomic E-state index is 9.50. The van der Waals surface area contributed by atoms with Crippen LogP contribution in [-0.2, 0) is 0 Å². The molecule has 1 aliphatic rings. The second-order valence-corrected chi connectivity index (χ2v) is 6.25. The summed E-state index contributed by atoms with van der Waals surface area (Å²) in [5.74, 6) is 0. The highest BCUT2D eigenvalue weighted by Crippen LogP contribution is 2.30. The van der Waals surface area contributed by atoms with E-state index in [9.17, 15) is 5.11 Å². The van der Waals surface area contributed by atoms with Crippen molar-refractivity contribution < 1.29 is 5.11 Å². The van der Waals surface area contributed by atoms with Crippen LogP contribution in [0.5, 0.6) is 0 Å². The van der Waals surface area contributed by atoms with Crippen molar-refractivity contribution in [3.8, 4) is 0 Å². The molecule has 0 saturated heterocycles. The van der Waals surface area contributed by atoms with Gasteiger partial charge in [-0.1, -0.05) is 13.8 Å². The van der Waals surface area contributed by atoms with Gasteiger partial charge in [-0.05, 0) is 38.4 Å². The van der Waals surface area contributed by atoms with Gasteiger partial charge in [-0.3, -0.25) is 0 Å². The highest BCUT2D eigenvalue weighted by molar-refractivity contribution is 7.99. The van der Waals surface area contributed by atoms with Crippen molar-refractivity contribution in [2.24, 2.45) is 5.41 Å². The highest BCUT2D eigenvalue weighted by atomic mass is 32.2. The SMILES string of the molecule is CCC(CC)(CO)CNC1CCC(SC)C1. The first kappa shape index (κ1) is 14.3. The van der Waals surface area contributed by atoms with Crippen LogP contribution in [0.2, 0.25) is 0 Å². The van der Waals surface area contributed by atoms with Crippen LogP contribution in [0, 0.1) is 5.41 Å². The van der Waals surface area contributed by atoms with Gasteiger partial charge in [-0.2, -0.15) is 11.8 Å². The minimum absolute atomic E-state index is 0.109. The lowest BCUT2D eigenvalue weighted by molar-refractivity contribution is 0.110. The van der Waals surface area contributed by atoms with Crippen LogP contribution in [-0.4, -0.2) is 35.8 Å². The summed E-state index contributed by atoms with van der Waals surface area (Å²) in [5, 5.41) is 14.0. The topological polar surface area (TPSA) is 32.3 Å². The lowest BCUT2D eigenvalue weighted by Gasteiger charge is -2.31. The van der Waals surface area contributed by atoms with Gasteiger partial charge in [0, 0.05) is 29.9 Å². The Bertz CT molecular complexity index is 186. The molecule has 2 N–H and O–H groups in total. The van der Waals surface area contributed by atoms with E-state index in [2.05, 4.69) is 25.4 Å². The fourth-order valence-electron chi connectivity index (χ4n) is 2.48. The standard InChI is InChI=1S/C13H27NOS/c1-4-13(5-2,10-15)9-14-11-6-7-12(8-11)16-3/h11-12,14-15H,4-10H2,1-3H3. The van der Waals surface area contributed by atoms with E-state index in [-0.39, 0.29) is 5.41 Å². The third-order valence-electron chi connectivity index (χ3n) is 4.32. The Hall–Kier alpha value is 0.270. The summed E-state index contributed by atoms with van der Waals surface area (Å²) in [5.41, 5.74) is 0.109. The first-order valence-corrected chi connectivity index (χ1v) is 7.85. The molecule has 0 aromatic heterocycles. The van der Waals surface area contributed by atoms with Gasteiger partial charge in [-0.15, -0.1) is 0 Å². The summed E-state index contributed by atoms with van der Waals surface area (Å²) in [6.45, 7) is 5.65. The third-order valence-corrected chi connectivity index (χ3v) is 5.41. The van der Waals surface area contributed by atoms with E-state index in [1.807, 2.05) is 11.8 Å². The van der Waals surface area contributed by atoms with Crippen molar-refractivity contribution in [2.75, 3.05) is 19.4 Å². The van der Waals surface area contributed by atoms with Crippen molar-refractivity contribution in [2.45, 2.75) is 57.2 Å². The fraction of sp³-hybridized carbons (Fsp3) is 1.00. The summed E-state index contributed by atoms with van der Waals surface area (Å²) in [6, 6.07) is 0.682. The molecular formula is C13H27NOS. The minimum Gasteiger partial charge on any atom is -0.396 e. The summed E-state index contributed by atoms with van der Waals surface area (Å²) in [6.07, 6.45) is 8.29. The van der Waals surface area contributed by atoms with Crippen LogP contribution in [0.3, 0.4) is 0 Å². The first-order chi connectivity index (χ1) is 7.69. The summed E-state index contributed by atoms with van der Waals surface area (Å²) >= 11 is 2.00. The van der Waals surface area contributed by atoms with Gasteiger partial charge < -0.3 is 10.4 Å². The normalized spacial score (nSPS) is 26.2. The van der Waals surface area contributed by atoms with Gasteiger partial charge in [0.2, 0.25) is 0 Å². The van der Waals surface area contributed by atoms with Crippen molar-refractivity contribution in [1.82, 2.24) is 5.32 Å². The van der Waals surface area contributed by atoms with E-state index in [0.717, 1.165) is 24.6 Å². The Balaban J connectivity index is 2.33. The van der Waals surface area contributed by atoms with Gasteiger partial charge >= 0.3 is 0 Å². The second kappa shape index (κ2) is 6.87. The Kier molecular flexibility index (Phi) is 6.16. The van der Waals surface area contributed by atoms with E-state index >= 15 is 0 Å². The van der Waals surface area contributed by atoms with E-state index in [4.69, 9.17) is 0 Å². The van der Waals surface area contributed by atoms with Gasteiger partial charge in [0.05, 0.1) is 0 Å². The van der Waals surface area contributed by atoms with Gasteiger partial charge in [0.1, 0.15) is 0 Å². The lowest BCUT2D eigenvalue weighted by atomic mass is 9.83. The number of nitrogens with one attached hydrogen (secondary N) is 1. The molecule has 1 fully saturated rings. The number of thioether (sulfide) groups is 1. The lowest BCUT2D eigenvalue weighted by Crippen LogP contribution is -2.40. The first-order valence-electron chi connectivity index (χ1n) is 6.56. The molecule has 0 amide bonds. The summed E-state index contributed by atoms with van der Waals surface area (Å²) < 4.78 is 0. The maximum Gasteiger partial charge on any atom is 0.0499 e. The number of hydrogen-bond donors (Lipinski definition) is 2. The maximum absolute atomic E-state index is 9.50. The van der Waals surface area contributed by atoms with Gasteiger partial charge in [-0.25, -0.2) is 0 Å². The molecule has 0 heterocycles. The van der Waals surface area contributed by atoms with E-state index in [1.165, 1.54) is 19.3 Å². The quantitative estimate of drug-likeness (QED) is 0.723. The smallest absolute Gasteiger partial charge is 0.0499 e. The van der Waals surface area contributed by atoms with Crippen molar-refractivity contribution in [3.05, 3.63) is 0 Å². The molecular weight excluding hydrogens is 218 g/mol. The van der Waals surface area contributed by atoms with Crippen LogP contribution in [0.4, 0.5) is 0 Å². The van der Waals surface area contributed by atoms with Gasteiger partial charge in [0.15, 0.2) is 0 Å². The Morgan fingerprint density at radius 1 is 1.31 bits per heavy atom. The molecule has 2 nitrogen and oxygen atoms in total. The molecule has 0 radical (unpaired) electrons. The van der Waals surface area contributed by atoms with Crippen LogP contribution >= 0.6 is 11.8 Å². The molecule has 2 atom stereocenters. The molecule has 2 unspecified atom stereocenters. The average molecular weight is 245 g/mol. The summed E-state index contributed by atoms with van der Waals surface area (Å²) in [4.78, 5) is 0. The largest absolute Gasteiger partial charge is 0.396 e. The van der Waals surface area contributed by atoms with E-state index in [0.29, 0.717) is 12.6 Å². The molecule has 96 valence electrons. The molecule has 0 aliphatic heterocycles. The molecule has 0 aromatic carbocycles. The van der Waals surface area contributed by atoms with E-state index < -0.39 is 0 Å². The fourth-order valence-corrected chi connectivity index (χ4v) is 3.28. The minimum atomic E-state index is 0.109. The number of aliphatic hydroxyl groups excluding tert-OH is 1. The van der Waals surface area contributed by atoms with E-state index in [1.54, 1.807) is 0 Å². The zero-order chi connectivity index (χ0) is 12.0. The molecule has 0 bridgehead atoms. The molecule has 0 aromatic rings. The number of rotatable bonds is 7. The number of hydrogen-bond acceptors (Lipinski definition) is 3. The molecule has 16 heavy (non-hydrogen) atoms. The molecule has 1 rings (SSSR count). The third kappa shape index (κ3) is 3.64. The molecule has 0 spiro atoms. The van der Waals surface area contributed by atoms with Crippen LogP contribution in [0.1, 0.15) is 46.0 Å². The zero-order valence-electron chi connectivity index (χ0n) is 11.0. The second-order valence-electron chi connectivity index (χ2n) is 5.11. The molecule has 1 saturated carbocycles. The Morgan fingerprint density at radius 3 is 2.44 bits per heavy atom. The predicted molar refractivity (Wildman–Crippen MR) is 73.0 cm³/mol. The molecule has 1 aliphatic carbocycles. The average Bonchev–Trinajstić information content (AvgIpc) is 2.80. The molecule has 3 heteroatoms. The Morgan fingerprint density at radius 2 is 2.00 bits per heavy atom. The van der Waals surface area contributed by atoms with Crippen LogP contribution in [0.15, 0.2) is 0 Å². The van der Waals surface area contributed by atoms with Crippen LogP contribution in [0.25, 0.3) is 0 Å². The summed E-state index contributed by atoms with van der Waals surface area (Å²) in [7, 11) is 0. The predicted octanol–water partition coefficient (Wildman–Crippen LogP) is 2.66.